The van der Waals surface area contributed by atoms with Gasteiger partial charge >= 0.3 is 0 Å². The van der Waals surface area contributed by atoms with Crippen LogP contribution in [0.4, 0.5) is 0 Å². The molecule has 19 heavy (non-hydrogen) atoms. The van der Waals surface area contributed by atoms with Crippen LogP contribution in [0.15, 0.2) is 22.8 Å². The number of aromatic amines is 1. The zero-order valence-corrected chi connectivity index (χ0v) is 12.7. The minimum Gasteiger partial charge on any atom is -0.496 e. The smallest absolute Gasteiger partial charge is 0.136 e. The van der Waals surface area contributed by atoms with Crippen molar-refractivity contribution in [3.05, 3.63) is 34.1 Å². The molecule has 1 aromatic carbocycles. The summed E-state index contributed by atoms with van der Waals surface area (Å²) >= 11 is 3.50. The molecule has 0 aliphatic carbocycles. The first-order chi connectivity index (χ1) is 9.15. The van der Waals surface area contributed by atoms with E-state index in [1.807, 2.05) is 12.1 Å². The lowest BCUT2D eigenvalue weighted by Gasteiger charge is -2.17. The van der Waals surface area contributed by atoms with Crippen molar-refractivity contribution in [3.8, 4) is 11.5 Å². The van der Waals surface area contributed by atoms with E-state index in [2.05, 4.69) is 38.3 Å². The van der Waals surface area contributed by atoms with Crippen LogP contribution in [-0.4, -0.2) is 29.6 Å². The van der Waals surface area contributed by atoms with E-state index in [1.54, 1.807) is 20.4 Å². The SMILES string of the molecule is COc1cc(OC)c(C(C)Cc2cn[nH]n2)cc1Br. The fourth-order valence-electron chi connectivity index (χ4n) is 2.02. The highest BCUT2D eigenvalue weighted by molar-refractivity contribution is 9.10. The average Bonchev–Trinajstić information content (AvgIpc) is 2.91. The zero-order valence-electron chi connectivity index (χ0n) is 11.1. The minimum atomic E-state index is 0.266. The van der Waals surface area contributed by atoms with Gasteiger partial charge in [-0.3, -0.25) is 0 Å². The van der Waals surface area contributed by atoms with Gasteiger partial charge in [0.25, 0.3) is 0 Å². The van der Waals surface area contributed by atoms with Crippen LogP contribution in [0.2, 0.25) is 0 Å². The summed E-state index contributed by atoms with van der Waals surface area (Å²) in [7, 11) is 3.30. The number of nitrogens with one attached hydrogen (secondary N) is 1. The van der Waals surface area contributed by atoms with Crippen LogP contribution in [0.3, 0.4) is 0 Å². The summed E-state index contributed by atoms with van der Waals surface area (Å²) in [5.74, 6) is 1.84. The predicted octanol–water partition coefficient (Wildman–Crippen LogP) is 2.93. The number of nitrogens with zero attached hydrogens (tertiary/aromatic N) is 2. The second-order valence-electron chi connectivity index (χ2n) is 4.30. The van der Waals surface area contributed by atoms with Crippen molar-refractivity contribution in [3.63, 3.8) is 0 Å². The third kappa shape index (κ3) is 3.07. The molecule has 0 aliphatic rings. The molecule has 0 aliphatic heterocycles. The van der Waals surface area contributed by atoms with Gasteiger partial charge in [-0.25, -0.2) is 0 Å². The van der Waals surface area contributed by atoms with Crippen molar-refractivity contribution < 1.29 is 9.47 Å². The number of methoxy groups -OCH3 is 2. The van der Waals surface area contributed by atoms with Crippen molar-refractivity contribution in [2.75, 3.05) is 14.2 Å². The number of hydrogen-bond donors (Lipinski definition) is 1. The van der Waals surface area contributed by atoms with Crippen molar-refractivity contribution in [1.29, 1.82) is 0 Å². The van der Waals surface area contributed by atoms with Gasteiger partial charge in [-0.15, -0.1) is 0 Å². The molecular formula is C13H16BrN3O2. The van der Waals surface area contributed by atoms with Gasteiger partial charge in [-0.05, 0) is 39.9 Å². The molecular weight excluding hydrogens is 310 g/mol. The molecule has 0 radical (unpaired) electrons. The Kier molecular flexibility index (Phi) is 4.42. The molecule has 1 atom stereocenters. The van der Waals surface area contributed by atoms with E-state index in [4.69, 9.17) is 9.47 Å². The fourth-order valence-corrected chi connectivity index (χ4v) is 2.54. The molecule has 0 saturated heterocycles. The zero-order chi connectivity index (χ0) is 13.8. The first-order valence-electron chi connectivity index (χ1n) is 5.91. The van der Waals surface area contributed by atoms with Crippen LogP contribution < -0.4 is 9.47 Å². The summed E-state index contributed by atoms with van der Waals surface area (Å²) < 4.78 is 11.6. The molecule has 2 rings (SSSR count). The van der Waals surface area contributed by atoms with Gasteiger partial charge in [-0.1, -0.05) is 6.92 Å². The van der Waals surface area contributed by atoms with Crippen LogP contribution in [0.25, 0.3) is 0 Å². The second-order valence-corrected chi connectivity index (χ2v) is 5.15. The molecule has 1 aromatic heterocycles. The van der Waals surface area contributed by atoms with E-state index in [9.17, 15) is 0 Å². The van der Waals surface area contributed by atoms with Gasteiger partial charge in [-0.2, -0.15) is 15.4 Å². The maximum absolute atomic E-state index is 5.44. The van der Waals surface area contributed by atoms with Crippen LogP contribution in [0.5, 0.6) is 11.5 Å². The van der Waals surface area contributed by atoms with Crippen LogP contribution in [-0.2, 0) is 6.42 Å². The highest BCUT2D eigenvalue weighted by Gasteiger charge is 2.16. The number of ether oxygens (including phenoxy) is 2. The van der Waals surface area contributed by atoms with Gasteiger partial charge in [0.05, 0.1) is 30.6 Å². The molecule has 1 N–H and O–H groups in total. The molecule has 0 amide bonds. The standard InChI is InChI=1S/C13H16BrN3O2/c1-8(4-9-7-15-17-16-9)10-5-11(14)13(19-3)6-12(10)18-2/h5-8H,4H2,1-3H3,(H,15,16,17). The van der Waals surface area contributed by atoms with Gasteiger partial charge in [0, 0.05) is 6.07 Å². The highest BCUT2D eigenvalue weighted by atomic mass is 79.9. The van der Waals surface area contributed by atoms with Crippen LogP contribution in [0, 0.1) is 0 Å². The minimum absolute atomic E-state index is 0.266. The van der Waals surface area contributed by atoms with Crippen LogP contribution >= 0.6 is 15.9 Å². The quantitative estimate of drug-likeness (QED) is 0.918. The molecule has 1 unspecified atom stereocenters. The largest absolute Gasteiger partial charge is 0.496 e. The number of rotatable bonds is 5. The molecule has 0 spiro atoms. The van der Waals surface area contributed by atoms with E-state index < -0.39 is 0 Å². The Morgan fingerprint density at radius 1 is 1.26 bits per heavy atom. The number of halogens is 1. The molecule has 0 saturated carbocycles. The van der Waals surface area contributed by atoms with Crippen molar-refractivity contribution in [1.82, 2.24) is 15.4 Å². The number of H-pyrrole nitrogens is 1. The van der Waals surface area contributed by atoms with Gasteiger partial charge in [0.1, 0.15) is 11.5 Å². The Morgan fingerprint density at radius 3 is 2.58 bits per heavy atom. The summed E-state index contributed by atoms with van der Waals surface area (Å²) in [6.45, 7) is 2.13. The molecule has 0 fully saturated rings. The van der Waals surface area contributed by atoms with Gasteiger partial charge < -0.3 is 9.47 Å². The topological polar surface area (TPSA) is 60.0 Å². The van der Waals surface area contributed by atoms with E-state index in [0.29, 0.717) is 0 Å². The summed E-state index contributed by atoms with van der Waals surface area (Å²) in [6, 6.07) is 3.92. The molecule has 2 aromatic rings. The summed E-state index contributed by atoms with van der Waals surface area (Å²) in [5.41, 5.74) is 2.04. The van der Waals surface area contributed by atoms with Crippen molar-refractivity contribution >= 4 is 15.9 Å². The average molecular weight is 326 g/mol. The maximum Gasteiger partial charge on any atom is 0.136 e. The Bertz CT molecular complexity index is 543. The predicted molar refractivity (Wildman–Crippen MR) is 75.7 cm³/mol. The Morgan fingerprint density at radius 2 is 2.00 bits per heavy atom. The fraction of sp³-hybridized carbons (Fsp3) is 0.385. The summed E-state index contributed by atoms with van der Waals surface area (Å²) in [4.78, 5) is 0. The van der Waals surface area contributed by atoms with E-state index >= 15 is 0 Å². The number of hydrogen-bond acceptors (Lipinski definition) is 4. The Hall–Kier alpha value is -1.56. The molecule has 0 bridgehead atoms. The third-order valence-corrected chi connectivity index (χ3v) is 3.64. The molecule has 1 heterocycles. The maximum atomic E-state index is 5.44. The normalized spacial score (nSPS) is 12.2. The molecule has 6 heteroatoms. The van der Waals surface area contributed by atoms with Crippen molar-refractivity contribution in [2.45, 2.75) is 19.3 Å². The van der Waals surface area contributed by atoms with Crippen LogP contribution in [0.1, 0.15) is 24.1 Å². The third-order valence-electron chi connectivity index (χ3n) is 3.02. The second kappa shape index (κ2) is 6.06. The lowest BCUT2D eigenvalue weighted by atomic mass is 9.95. The monoisotopic (exact) mass is 325 g/mol. The first-order valence-corrected chi connectivity index (χ1v) is 6.71. The Balaban J connectivity index is 2.30. The van der Waals surface area contributed by atoms with E-state index in [-0.39, 0.29) is 5.92 Å². The van der Waals surface area contributed by atoms with Crippen molar-refractivity contribution in [2.24, 2.45) is 0 Å². The van der Waals surface area contributed by atoms with E-state index in [0.717, 1.165) is 33.6 Å². The first kappa shape index (κ1) is 13.9. The van der Waals surface area contributed by atoms with E-state index in [1.165, 1.54) is 0 Å². The van der Waals surface area contributed by atoms with Gasteiger partial charge in [0.2, 0.25) is 0 Å². The lowest BCUT2D eigenvalue weighted by Crippen LogP contribution is -2.02. The molecule has 5 nitrogen and oxygen atoms in total. The summed E-state index contributed by atoms with van der Waals surface area (Å²) in [5, 5.41) is 10.5. The van der Waals surface area contributed by atoms with Gasteiger partial charge in [0.15, 0.2) is 0 Å². The molecule has 102 valence electrons. The Labute approximate surface area is 120 Å². The summed E-state index contributed by atoms with van der Waals surface area (Å²) in [6.07, 6.45) is 2.53. The highest BCUT2D eigenvalue weighted by Crippen LogP contribution is 2.37. The number of aromatic nitrogens is 3. The number of benzene rings is 1. The lowest BCUT2D eigenvalue weighted by molar-refractivity contribution is 0.387.